The van der Waals surface area contributed by atoms with Crippen molar-refractivity contribution in [2.75, 3.05) is 12.3 Å². The van der Waals surface area contributed by atoms with Crippen molar-refractivity contribution in [3.05, 3.63) is 89.0 Å². The quantitative estimate of drug-likeness (QED) is 0.174. The number of hydrogen-bond donors (Lipinski definition) is 3. The summed E-state index contributed by atoms with van der Waals surface area (Å²) in [4.78, 5) is 28.3. The zero-order chi connectivity index (χ0) is 30.0. The molecular weight excluding hydrogens is 565 g/mol. The summed E-state index contributed by atoms with van der Waals surface area (Å²) in [5.41, 5.74) is 5.37. The van der Waals surface area contributed by atoms with Crippen LogP contribution < -0.4 is 21.0 Å². The number of alkyl halides is 2. The highest BCUT2D eigenvalue weighted by Gasteiger charge is 2.37. The minimum absolute atomic E-state index is 0.0514. The van der Waals surface area contributed by atoms with E-state index in [1.807, 2.05) is 0 Å². The number of hydrogen-bond acceptors (Lipinski definition) is 10. The van der Waals surface area contributed by atoms with Crippen LogP contribution in [0.15, 0.2) is 77.7 Å². The van der Waals surface area contributed by atoms with Crippen molar-refractivity contribution in [3.8, 4) is 5.75 Å². The average molecular weight is 597 g/mol. The minimum Gasteiger partial charge on any atom is -0.460 e. The summed E-state index contributed by atoms with van der Waals surface area (Å²) in [5.74, 6) is -0.779. The molecule has 41 heavy (non-hydrogen) atoms. The number of nitrogens with one attached hydrogen (secondary N) is 1. The topological polar surface area (TPSA) is 164 Å². The number of benzene rings is 2. The van der Waals surface area contributed by atoms with Crippen LogP contribution in [0.4, 0.5) is 14.6 Å². The smallest absolute Gasteiger partial charge is 0.459 e. The van der Waals surface area contributed by atoms with E-state index in [2.05, 4.69) is 10.1 Å². The Morgan fingerprint density at radius 1 is 1.10 bits per heavy atom. The van der Waals surface area contributed by atoms with Crippen LogP contribution in [0.25, 0.3) is 0 Å². The fourth-order valence-electron chi connectivity index (χ4n) is 3.43. The van der Waals surface area contributed by atoms with Crippen LogP contribution in [0.2, 0.25) is 0 Å². The van der Waals surface area contributed by atoms with Crippen LogP contribution in [-0.4, -0.2) is 51.9 Å². The molecule has 15 heteroatoms. The zero-order valence-corrected chi connectivity index (χ0v) is 23.1. The molecule has 1 heterocycles. The molecule has 0 bridgehead atoms. The molecule has 0 saturated carbocycles. The number of anilines is 1. The molecule has 3 aromatic rings. The van der Waals surface area contributed by atoms with Crippen molar-refractivity contribution in [2.24, 2.45) is 0 Å². The first-order valence-corrected chi connectivity index (χ1v) is 14.0. The van der Waals surface area contributed by atoms with Gasteiger partial charge in [-0.25, -0.2) is 18.1 Å². The average Bonchev–Trinajstić information content (AvgIpc) is 2.94. The van der Waals surface area contributed by atoms with Gasteiger partial charge in [0.1, 0.15) is 42.7 Å². The van der Waals surface area contributed by atoms with Crippen LogP contribution in [0.1, 0.15) is 25.6 Å². The van der Waals surface area contributed by atoms with E-state index in [4.69, 9.17) is 24.3 Å². The van der Waals surface area contributed by atoms with E-state index in [0.717, 1.165) is 10.1 Å². The lowest BCUT2D eigenvalue weighted by Crippen LogP contribution is -2.42. The molecule has 2 aromatic carbocycles. The van der Waals surface area contributed by atoms with E-state index < -0.39 is 56.9 Å². The third-order valence-electron chi connectivity index (χ3n) is 5.56. The summed E-state index contributed by atoms with van der Waals surface area (Å²) >= 11 is 0. The number of para-hydroxylation sites is 1. The fourth-order valence-corrected chi connectivity index (χ4v) is 4.93. The van der Waals surface area contributed by atoms with E-state index in [0.29, 0.717) is 0 Å². The molecule has 1 aromatic heterocycles. The second-order valence-electron chi connectivity index (χ2n) is 8.78. The Morgan fingerprint density at radius 3 is 2.34 bits per heavy atom. The summed E-state index contributed by atoms with van der Waals surface area (Å²) in [5, 5.41) is 12.6. The molecule has 0 radical (unpaired) electrons. The third-order valence-corrected chi connectivity index (χ3v) is 7.20. The number of nitrogen functional groups attached to an aromatic ring is 1. The molecule has 222 valence electrons. The number of carbonyl (C=O) groups excluding carboxylic acids is 1. The molecule has 3 rings (SSSR count). The second-order valence-corrected chi connectivity index (χ2v) is 10.5. The number of aliphatic hydroxyl groups is 1. The van der Waals surface area contributed by atoms with Crippen molar-refractivity contribution in [3.63, 3.8) is 0 Å². The van der Waals surface area contributed by atoms with Crippen LogP contribution >= 0.6 is 7.75 Å². The van der Waals surface area contributed by atoms with Gasteiger partial charge in [-0.3, -0.25) is 13.9 Å². The molecule has 0 aliphatic heterocycles. The summed E-state index contributed by atoms with van der Waals surface area (Å²) in [6.45, 7) is 1.75. The van der Waals surface area contributed by atoms with Gasteiger partial charge in [0.25, 0.3) is 6.43 Å². The summed E-state index contributed by atoms with van der Waals surface area (Å²) in [6, 6.07) is 16.7. The van der Waals surface area contributed by atoms with Crippen molar-refractivity contribution in [2.45, 2.75) is 51.4 Å². The minimum atomic E-state index is -4.49. The Bertz CT molecular complexity index is 1370. The Morgan fingerprint density at radius 2 is 1.73 bits per heavy atom. The summed E-state index contributed by atoms with van der Waals surface area (Å²) in [6.07, 6.45) is -7.48. The molecule has 12 nitrogen and oxygen atoms in total. The van der Waals surface area contributed by atoms with Gasteiger partial charge in [0.2, 0.25) is 0 Å². The van der Waals surface area contributed by atoms with Gasteiger partial charge in [-0.05, 0) is 37.6 Å². The monoisotopic (exact) mass is 596 g/mol. The highest BCUT2D eigenvalue weighted by atomic mass is 31.2. The predicted molar refractivity (Wildman–Crippen MR) is 144 cm³/mol. The SMILES string of the molecule is C[C@H](NP(=O)(OCC(O[C@H](C)n1ccc(N)nc1=O)C(O)C(F)F)Oc1ccccc1)C(=O)OCc1ccccc1. The highest BCUT2D eigenvalue weighted by Crippen LogP contribution is 2.45. The van der Waals surface area contributed by atoms with E-state index >= 15 is 0 Å². The number of carbonyl (C=O) groups is 1. The normalized spacial score (nSPS) is 15.9. The lowest BCUT2D eigenvalue weighted by molar-refractivity contribution is -0.151. The number of rotatable bonds is 15. The van der Waals surface area contributed by atoms with E-state index in [9.17, 15) is 28.0 Å². The lowest BCUT2D eigenvalue weighted by atomic mass is 10.2. The molecule has 4 N–H and O–H groups in total. The summed E-state index contributed by atoms with van der Waals surface area (Å²) in [7, 11) is -4.49. The van der Waals surface area contributed by atoms with Crippen molar-refractivity contribution in [1.29, 1.82) is 0 Å². The molecule has 0 fully saturated rings. The molecule has 0 spiro atoms. The number of halogens is 2. The number of nitrogens with two attached hydrogens (primary N) is 1. The van der Waals surface area contributed by atoms with Gasteiger partial charge in [0.15, 0.2) is 0 Å². The van der Waals surface area contributed by atoms with E-state index in [1.54, 1.807) is 48.5 Å². The predicted octanol–water partition coefficient (Wildman–Crippen LogP) is 3.28. The van der Waals surface area contributed by atoms with Gasteiger partial charge < -0.3 is 24.8 Å². The second kappa shape index (κ2) is 14.8. The molecular formula is C26H31F2N4O8P. The number of ether oxygens (including phenoxy) is 2. The van der Waals surface area contributed by atoms with Gasteiger partial charge in [-0.15, -0.1) is 0 Å². The molecule has 0 aliphatic rings. The first-order chi connectivity index (χ1) is 19.5. The Hall–Kier alpha value is -3.68. The number of esters is 1. The first-order valence-electron chi connectivity index (χ1n) is 12.4. The van der Waals surface area contributed by atoms with Crippen LogP contribution in [0, 0.1) is 0 Å². The van der Waals surface area contributed by atoms with Crippen molar-refractivity contribution < 1.29 is 41.8 Å². The molecule has 0 saturated heterocycles. The molecule has 3 unspecified atom stereocenters. The van der Waals surface area contributed by atoms with E-state index in [1.165, 1.54) is 38.2 Å². The molecule has 0 amide bonds. The standard InChI is InChI=1S/C26H31F2N4O8P/c1-17(25(34)37-15-19-9-5-3-6-10-19)31-41(36,40-20-11-7-4-8-12-20)38-16-21(23(33)24(27)28)39-18(2)32-14-13-22(29)30-26(32)35/h3-14,17-18,21,23-24,33H,15-16H2,1-2H3,(H,31,36)(H2,29,30,35)/t17-,18+,21?,23?,41?/m0/s1. The number of aromatic nitrogens is 2. The Labute approximate surface area is 234 Å². The van der Waals surface area contributed by atoms with Crippen molar-refractivity contribution in [1.82, 2.24) is 14.6 Å². The highest BCUT2D eigenvalue weighted by molar-refractivity contribution is 7.52. The van der Waals surface area contributed by atoms with Gasteiger partial charge in [-0.1, -0.05) is 48.5 Å². The van der Waals surface area contributed by atoms with Crippen LogP contribution in [0.3, 0.4) is 0 Å². The third kappa shape index (κ3) is 9.73. The van der Waals surface area contributed by atoms with Crippen LogP contribution in [0.5, 0.6) is 5.75 Å². The number of nitrogens with zero attached hydrogens (tertiary/aromatic N) is 2. The largest absolute Gasteiger partial charge is 0.460 e. The van der Waals surface area contributed by atoms with E-state index in [-0.39, 0.29) is 18.2 Å². The fraction of sp³-hybridized carbons (Fsp3) is 0.346. The van der Waals surface area contributed by atoms with Gasteiger partial charge >= 0.3 is 19.4 Å². The Balaban J connectivity index is 1.76. The van der Waals surface area contributed by atoms with Gasteiger partial charge in [0, 0.05) is 6.20 Å². The zero-order valence-electron chi connectivity index (χ0n) is 22.2. The lowest BCUT2D eigenvalue weighted by Gasteiger charge is -2.29. The summed E-state index contributed by atoms with van der Waals surface area (Å²) < 4.78 is 63.4. The first kappa shape index (κ1) is 31.8. The number of aliphatic hydroxyl groups excluding tert-OH is 1. The maximum absolute atomic E-state index is 13.7. The molecule has 5 atom stereocenters. The maximum atomic E-state index is 13.7. The van der Waals surface area contributed by atoms with Crippen LogP contribution in [-0.2, 0) is 30.0 Å². The molecule has 0 aliphatic carbocycles. The van der Waals surface area contributed by atoms with Gasteiger partial charge in [0.05, 0.1) is 6.61 Å². The Kier molecular flexibility index (Phi) is 11.5. The van der Waals surface area contributed by atoms with Gasteiger partial charge in [-0.2, -0.15) is 10.1 Å². The van der Waals surface area contributed by atoms with Crippen molar-refractivity contribution >= 4 is 19.5 Å². The maximum Gasteiger partial charge on any atom is 0.459 e.